The van der Waals surface area contributed by atoms with E-state index in [1.54, 1.807) is 54.3 Å². The number of carbonyl (C=O) groups is 2. The summed E-state index contributed by atoms with van der Waals surface area (Å²) < 4.78 is 5.81. The SMILES string of the molecule is CC1Oc2cc(NC(=O)c3ccccc3Cl)ccc2N(CCc2ccccc2)C1=O. The molecule has 3 aromatic carbocycles. The zero-order chi connectivity index (χ0) is 21.1. The van der Waals surface area contributed by atoms with Gasteiger partial charge < -0.3 is 15.0 Å². The lowest BCUT2D eigenvalue weighted by Gasteiger charge is -2.33. The van der Waals surface area contributed by atoms with Crippen molar-refractivity contribution in [3.63, 3.8) is 0 Å². The summed E-state index contributed by atoms with van der Waals surface area (Å²) >= 11 is 6.11. The number of fused-ring (bicyclic) bond motifs is 1. The van der Waals surface area contributed by atoms with Crippen LogP contribution in [0.1, 0.15) is 22.8 Å². The first kappa shape index (κ1) is 20.0. The summed E-state index contributed by atoms with van der Waals surface area (Å²) in [5.74, 6) is 0.180. The quantitative estimate of drug-likeness (QED) is 0.635. The molecule has 5 nitrogen and oxygen atoms in total. The van der Waals surface area contributed by atoms with Gasteiger partial charge in [-0.05, 0) is 43.2 Å². The molecule has 0 bridgehead atoms. The number of nitrogens with one attached hydrogen (secondary N) is 1. The molecular weight excluding hydrogens is 400 g/mol. The van der Waals surface area contributed by atoms with E-state index in [-0.39, 0.29) is 11.8 Å². The van der Waals surface area contributed by atoms with E-state index in [0.29, 0.717) is 34.3 Å². The maximum absolute atomic E-state index is 12.7. The van der Waals surface area contributed by atoms with Gasteiger partial charge in [-0.15, -0.1) is 0 Å². The Morgan fingerprint density at radius 3 is 2.57 bits per heavy atom. The molecule has 0 aromatic heterocycles. The van der Waals surface area contributed by atoms with Crippen molar-refractivity contribution in [3.8, 4) is 5.75 Å². The second-order valence-electron chi connectivity index (χ2n) is 7.10. The summed E-state index contributed by atoms with van der Waals surface area (Å²) in [6.07, 6.45) is 0.145. The van der Waals surface area contributed by atoms with Crippen LogP contribution in [-0.2, 0) is 11.2 Å². The Balaban J connectivity index is 1.55. The highest BCUT2D eigenvalue weighted by atomic mass is 35.5. The Labute approximate surface area is 180 Å². The van der Waals surface area contributed by atoms with E-state index in [2.05, 4.69) is 5.32 Å². The minimum Gasteiger partial charge on any atom is -0.479 e. The number of benzene rings is 3. The van der Waals surface area contributed by atoms with Crippen molar-refractivity contribution in [1.82, 2.24) is 0 Å². The monoisotopic (exact) mass is 420 g/mol. The van der Waals surface area contributed by atoms with Crippen LogP contribution in [0.15, 0.2) is 72.8 Å². The molecule has 1 atom stereocenters. The molecule has 1 aliphatic heterocycles. The van der Waals surface area contributed by atoms with Crippen molar-refractivity contribution in [3.05, 3.63) is 88.9 Å². The van der Waals surface area contributed by atoms with Gasteiger partial charge in [-0.1, -0.05) is 54.1 Å². The molecular formula is C24H21ClN2O3. The van der Waals surface area contributed by atoms with Crippen molar-refractivity contribution >= 4 is 34.8 Å². The molecule has 0 aliphatic carbocycles. The molecule has 152 valence electrons. The Kier molecular flexibility index (Phi) is 5.72. The molecule has 3 aromatic rings. The zero-order valence-electron chi connectivity index (χ0n) is 16.5. The molecule has 0 fully saturated rings. The first-order valence-electron chi connectivity index (χ1n) is 9.75. The van der Waals surface area contributed by atoms with Crippen molar-refractivity contribution in [2.24, 2.45) is 0 Å². The lowest BCUT2D eigenvalue weighted by Crippen LogP contribution is -2.45. The Bertz CT molecular complexity index is 1080. The summed E-state index contributed by atoms with van der Waals surface area (Å²) in [6, 6.07) is 22.2. The molecule has 1 N–H and O–H groups in total. The van der Waals surface area contributed by atoms with E-state index in [9.17, 15) is 9.59 Å². The van der Waals surface area contributed by atoms with Crippen LogP contribution in [0, 0.1) is 0 Å². The predicted octanol–water partition coefficient (Wildman–Crippen LogP) is 4.95. The third-order valence-electron chi connectivity index (χ3n) is 5.01. The van der Waals surface area contributed by atoms with E-state index in [1.165, 1.54) is 0 Å². The minimum atomic E-state index is -0.595. The van der Waals surface area contributed by atoms with Gasteiger partial charge >= 0.3 is 0 Å². The van der Waals surface area contributed by atoms with Gasteiger partial charge in [-0.2, -0.15) is 0 Å². The number of carbonyl (C=O) groups excluding carboxylic acids is 2. The molecule has 1 unspecified atom stereocenters. The van der Waals surface area contributed by atoms with Gasteiger partial charge in [0.2, 0.25) is 0 Å². The van der Waals surface area contributed by atoms with E-state index in [1.807, 2.05) is 30.3 Å². The normalized spacial score (nSPS) is 15.3. The summed E-state index contributed by atoms with van der Waals surface area (Å²) in [6.45, 7) is 2.28. The molecule has 1 aliphatic rings. The second kappa shape index (κ2) is 8.59. The fourth-order valence-electron chi connectivity index (χ4n) is 3.45. The molecule has 6 heteroatoms. The number of rotatable bonds is 5. The van der Waals surface area contributed by atoms with E-state index in [4.69, 9.17) is 16.3 Å². The van der Waals surface area contributed by atoms with E-state index >= 15 is 0 Å². The summed E-state index contributed by atoms with van der Waals surface area (Å²) in [5.41, 5.74) is 2.83. The summed E-state index contributed by atoms with van der Waals surface area (Å²) in [5, 5.41) is 3.23. The topological polar surface area (TPSA) is 58.6 Å². The lowest BCUT2D eigenvalue weighted by atomic mass is 10.1. The first-order valence-corrected chi connectivity index (χ1v) is 10.1. The first-order chi connectivity index (χ1) is 14.5. The van der Waals surface area contributed by atoms with Gasteiger partial charge in [0.1, 0.15) is 5.75 Å². The maximum atomic E-state index is 12.7. The van der Waals surface area contributed by atoms with E-state index < -0.39 is 6.10 Å². The third kappa shape index (κ3) is 4.16. The number of halogens is 1. The Hall–Kier alpha value is -3.31. The number of hydrogen-bond donors (Lipinski definition) is 1. The largest absolute Gasteiger partial charge is 0.479 e. The van der Waals surface area contributed by atoms with E-state index in [0.717, 1.165) is 12.0 Å². The molecule has 0 saturated carbocycles. The van der Waals surface area contributed by atoms with Crippen LogP contribution in [0.2, 0.25) is 5.02 Å². The van der Waals surface area contributed by atoms with Gasteiger partial charge in [0, 0.05) is 18.3 Å². The number of amides is 2. The van der Waals surface area contributed by atoms with Crippen molar-refractivity contribution in [1.29, 1.82) is 0 Å². The average molecular weight is 421 g/mol. The smallest absolute Gasteiger partial charge is 0.267 e. The highest BCUT2D eigenvalue weighted by molar-refractivity contribution is 6.34. The number of hydrogen-bond acceptors (Lipinski definition) is 3. The summed E-state index contributed by atoms with van der Waals surface area (Å²) in [7, 11) is 0. The molecule has 1 heterocycles. The Morgan fingerprint density at radius 2 is 1.80 bits per heavy atom. The molecule has 30 heavy (non-hydrogen) atoms. The van der Waals surface area contributed by atoms with Crippen LogP contribution in [0.5, 0.6) is 5.75 Å². The molecule has 0 saturated heterocycles. The summed E-state index contributed by atoms with van der Waals surface area (Å²) in [4.78, 5) is 27.0. The third-order valence-corrected chi connectivity index (χ3v) is 5.34. The number of anilines is 2. The Morgan fingerprint density at radius 1 is 1.07 bits per heavy atom. The zero-order valence-corrected chi connectivity index (χ0v) is 17.2. The second-order valence-corrected chi connectivity index (χ2v) is 7.51. The van der Waals surface area contributed by atoms with Gasteiger partial charge in [-0.3, -0.25) is 9.59 Å². The van der Waals surface area contributed by atoms with Gasteiger partial charge in [0.15, 0.2) is 6.10 Å². The number of nitrogens with zero attached hydrogens (tertiary/aromatic N) is 1. The molecule has 2 amide bonds. The molecule has 0 spiro atoms. The maximum Gasteiger partial charge on any atom is 0.267 e. The van der Waals surface area contributed by atoms with Crippen molar-refractivity contribution in [2.75, 3.05) is 16.8 Å². The van der Waals surface area contributed by atoms with Crippen molar-refractivity contribution < 1.29 is 14.3 Å². The van der Waals surface area contributed by atoms with Gasteiger partial charge in [-0.25, -0.2) is 0 Å². The number of ether oxygens (including phenoxy) is 1. The standard InChI is InChI=1S/C24H21ClN2O3/c1-16-24(29)27(14-13-17-7-3-2-4-8-17)21-12-11-18(15-22(21)30-16)26-23(28)19-9-5-6-10-20(19)25/h2-12,15-16H,13-14H2,1H3,(H,26,28). The fraction of sp³-hybridized carbons (Fsp3) is 0.167. The van der Waals surface area contributed by atoms with Gasteiger partial charge in [0.05, 0.1) is 16.3 Å². The van der Waals surface area contributed by atoms with Crippen LogP contribution < -0.4 is 15.0 Å². The van der Waals surface area contributed by atoms with Crippen LogP contribution >= 0.6 is 11.6 Å². The van der Waals surface area contributed by atoms with Crippen LogP contribution in [0.25, 0.3) is 0 Å². The molecule has 0 radical (unpaired) electrons. The highest BCUT2D eigenvalue weighted by Gasteiger charge is 2.31. The minimum absolute atomic E-state index is 0.0775. The van der Waals surface area contributed by atoms with Crippen LogP contribution in [-0.4, -0.2) is 24.5 Å². The fourth-order valence-corrected chi connectivity index (χ4v) is 3.67. The predicted molar refractivity (Wildman–Crippen MR) is 118 cm³/mol. The average Bonchev–Trinajstić information content (AvgIpc) is 2.75. The molecule has 4 rings (SSSR count). The van der Waals surface area contributed by atoms with Crippen molar-refractivity contribution in [2.45, 2.75) is 19.4 Å². The highest BCUT2D eigenvalue weighted by Crippen LogP contribution is 2.36. The van der Waals surface area contributed by atoms with Crippen LogP contribution in [0.3, 0.4) is 0 Å². The lowest BCUT2D eigenvalue weighted by molar-refractivity contribution is -0.125. The van der Waals surface area contributed by atoms with Gasteiger partial charge in [0.25, 0.3) is 11.8 Å². The van der Waals surface area contributed by atoms with Crippen LogP contribution in [0.4, 0.5) is 11.4 Å².